The van der Waals surface area contributed by atoms with Crippen LogP contribution >= 0.6 is 11.3 Å². The maximum Gasteiger partial charge on any atom is 0.307 e. The van der Waals surface area contributed by atoms with Crippen molar-refractivity contribution in [1.82, 2.24) is 5.32 Å². The first-order chi connectivity index (χ1) is 13.5. The number of ether oxygens (including phenoxy) is 1. The average molecular weight is 401 g/mol. The number of hydrogen-bond acceptors (Lipinski definition) is 6. The van der Waals surface area contributed by atoms with Crippen molar-refractivity contribution in [3.8, 4) is 0 Å². The van der Waals surface area contributed by atoms with Gasteiger partial charge in [0.1, 0.15) is 5.78 Å². The fraction of sp³-hybridized carbons (Fsp3) is 0.333. The van der Waals surface area contributed by atoms with Gasteiger partial charge in [-0.1, -0.05) is 36.4 Å². The summed E-state index contributed by atoms with van der Waals surface area (Å²) in [5, 5.41) is 4.60. The summed E-state index contributed by atoms with van der Waals surface area (Å²) < 4.78 is 4.69. The molecule has 0 aliphatic carbocycles. The number of nitrogens with one attached hydrogen (secondary N) is 1. The number of hydrogen-bond donors (Lipinski definition) is 1. The molecule has 0 aliphatic heterocycles. The third kappa shape index (κ3) is 7.08. The molecular formula is C21H23NO5S. The number of ketones is 2. The van der Waals surface area contributed by atoms with E-state index < -0.39 is 12.0 Å². The Kier molecular flexibility index (Phi) is 8.55. The summed E-state index contributed by atoms with van der Waals surface area (Å²) in [4.78, 5) is 48.4. The number of carbonyl (C=O) groups excluding carboxylic acids is 4. The third-order valence-corrected chi connectivity index (χ3v) is 5.10. The second-order valence-corrected chi connectivity index (χ2v) is 7.20. The van der Waals surface area contributed by atoms with E-state index in [1.165, 1.54) is 18.4 Å². The predicted molar refractivity (Wildman–Crippen MR) is 106 cm³/mol. The highest BCUT2D eigenvalue weighted by molar-refractivity contribution is 7.12. The maximum absolute atomic E-state index is 12.2. The molecule has 1 aromatic carbocycles. The lowest BCUT2D eigenvalue weighted by molar-refractivity contribution is -0.141. The lowest BCUT2D eigenvalue weighted by Gasteiger charge is -2.18. The fourth-order valence-electron chi connectivity index (χ4n) is 2.65. The second-order valence-electron chi connectivity index (χ2n) is 6.25. The molecule has 28 heavy (non-hydrogen) atoms. The Balaban J connectivity index is 1.80. The van der Waals surface area contributed by atoms with Gasteiger partial charge in [0.15, 0.2) is 5.78 Å². The van der Waals surface area contributed by atoms with Gasteiger partial charge in [0.2, 0.25) is 5.91 Å². The van der Waals surface area contributed by atoms with E-state index in [1.54, 1.807) is 12.1 Å². The van der Waals surface area contributed by atoms with Crippen LogP contribution in [0.4, 0.5) is 0 Å². The predicted octanol–water partition coefficient (Wildman–Crippen LogP) is 3.48. The zero-order chi connectivity index (χ0) is 20.4. The van der Waals surface area contributed by atoms with E-state index in [2.05, 4.69) is 5.32 Å². The molecule has 1 atom stereocenters. The number of methoxy groups -OCH3 is 1. The molecule has 1 N–H and O–H groups in total. The summed E-state index contributed by atoms with van der Waals surface area (Å²) in [6.07, 6.45) is 0.347. The van der Waals surface area contributed by atoms with E-state index in [9.17, 15) is 19.2 Å². The van der Waals surface area contributed by atoms with E-state index in [1.807, 2.05) is 35.7 Å². The monoisotopic (exact) mass is 401 g/mol. The summed E-state index contributed by atoms with van der Waals surface area (Å²) in [5.41, 5.74) is 0.786. The second kappa shape index (κ2) is 11.1. The Labute approximate surface area is 167 Å². The Morgan fingerprint density at radius 1 is 0.964 bits per heavy atom. The van der Waals surface area contributed by atoms with Crippen molar-refractivity contribution < 1.29 is 23.9 Å². The molecule has 7 heteroatoms. The number of carbonyl (C=O) groups is 4. The van der Waals surface area contributed by atoms with Crippen LogP contribution in [0, 0.1) is 0 Å². The number of thiophene rings is 1. The zero-order valence-electron chi connectivity index (χ0n) is 15.7. The molecule has 0 fully saturated rings. The van der Waals surface area contributed by atoms with E-state index in [0.717, 1.165) is 5.56 Å². The highest BCUT2D eigenvalue weighted by atomic mass is 32.1. The van der Waals surface area contributed by atoms with Crippen molar-refractivity contribution in [3.05, 3.63) is 58.3 Å². The maximum atomic E-state index is 12.2. The molecule has 1 heterocycles. The van der Waals surface area contributed by atoms with E-state index in [4.69, 9.17) is 4.74 Å². The van der Waals surface area contributed by atoms with Gasteiger partial charge >= 0.3 is 5.97 Å². The van der Waals surface area contributed by atoms with Crippen molar-refractivity contribution in [2.45, 2.75) is 38.1 Å². The van der Waals surface area contributed by atoms with Crippen LogP contribution in [0.5, 0.6) is 0 Å². The molecule has 1 aromatic heterocycles. The first-order valence-corrected chi connectivity index (χ1v) is 9.87. The lowest BCUT2D eigenvalue weighted by atomic mass is 10.0. The molecule has 148 valence electrons. The standard InChI is InChI=1S/C21H23NO5S/c1-27-21(26)14-17(15-6-3-2-4-7-15)22-20(25)12-10-16(23)9-11-18(24)19-8-5-13-28-19/h2-8,13,17H,9-12,14H2,1H3,(H,22,25). The zero-order valence-corrected chi connectivity index (χ0v) is 16.5. The fourth-order valence-corrected chi connectivity index (χ4v) is 3.34. The van der Waals surface area contributed by atoms with Gasteiger partial charge in [0, 0.05) is 25.7 Å². The highest BCUT2D eigenvalue weighted by Crippen LogP contribution is 2.18. The Morgan fingerprint density at radius 3 is 2.32 bits per heavy atom. The SMILES string of the molecule is COC(=O)CC(NC(=O)CCC(=O)CCC(=O)c1cccs1)c1ccccc1. The largest absolute Gasteiger partial charge is 0.469 e. The van der Waals surface area contributed by atoms with E-state index in [-0.39, 0.29) is 49.6 Å². The van der Waals surface area contributed by atoms with Crippen molar-refractivity contribution in [3.63, 3.8) is 0 Å². The summed E-state index contributed by atoms with van der Waals surface area (Å²) >= 11 is 1.35. The Bertz CT molecular complexity index is 801. The summed E-state index contributed by atoms with van der Waals surface area (Å²) in [7, 11) is 1.29. The van der Waals surface area contributed by atoms with Crippen LogP contribution in [0.1, 0.15) is 53.4 Å². The van der Waals surface area contributed by atoms with Crippen LogP contribution in [0.3, 0.4) is 0 Å². The average Bonchev–Trinajstić information content (AvgIpc) is 3.25. The molecule has 0 saturated heterocycles. The quantitative estimate of drug-likeness (QED) is 0.460. The summed E-state index contributed by atoms with van der Waals surface area (Å²) in [5.74, 6) is -0.952. The molecule has 0 aliphatic rings. The topological polar surface area (TPSA) is 89.5 Å². The van der Waals surface area contributed by atoms with Gasteiger partial charge in [0.05, 0.1) is 24.4 Å². The summed E-state index contributed by atoms with van der Waals surface area (Å²) in [6, 6.07) is 12.1. The molecule has 1 amide bonds. The van der Waals surface area contributed by atoms with Crippen LogP contribution in [-0.2, 0) is 19.1 Å². The first-order valence-electron chi connectivity index (χ1n) is 8.99. The van der Waals surface area contributed by atoms with Crippen molar-refractivity contribution in [2.24, 2.45) is 0 Å². The van der Waals surface area contributed by atoms with Crippen LogP contribution < -0.4 is 5.32 Å². The molecule has 0 saturated carbocycles. The molecule has 0 radical (unpaired) electrons. The number of Topliss-reactive ketones (excluding diaryl/α,β-unsaturated/α-hetero) is 2. The van der Waals surface area contributed by atoms with Gasteiger partial charge in [-0.25, -0.2) is 0 Å². The molecular weight excluding hydrogens is 378 g/mol. The number of benzene rings is 1. The van der Waals surface area contributed by atoms with Gasteiger partial charge in [-0.05, 0) is 17.0 Å². The van der Waals surface area contributed by atoms with Crippen LogP contribution in [0.15, 0.2) is 47.8 Å². The van der Waals surface area contributed by atoms with E-state index in [0.29, 0.717) is 4.88 Å². The molecule has 2 aromatic rings. The minimum Gasteiger partial charge on any atom is -0.469 e. The highest BCUT2D eigenvalue weighted by Gasteiger charge is 2.19. The first kappa shape index (κ1) is 21.5. The normalized spacial score (nSPS) is 11.5. The minimum absolute atomic E-state index is 0.00944. The summed E-state index contributed by atoms with van der Waals surface area (Å²) in [6.45, 7) is 0. The molecule has 2 rings (SSSR count). The molecule has 1 unspecified atom stereocenters. The van der Waals surface area contributed by atoms with Crippen LogP contribution in [0.25, 0.3) is 0 Å². The Hall–Kier alpha value is -2.80. The molecule has 0 spiro atoms. The number of amides is 1. The van der Waals surface area contributed by atoms with Crippen molar-refractivity contribution >= 4 is 34.8 Å². The van der Waals surface area contributed by atoms with Gasteiger partial charge in [0.25, 0.3) is 0 Å². The van der Waals surface area contributed by atoms with Crippen molar-refractivity contribution in [2.75, 3.05) is 7.11 Å². The minimum atomic E-state index is -0.517. The van der Waals surface area contributed by atoms with E-state index >= 15 is 0 Å². The smallest absolute Gasteiger partial charge is 0.307 e. The Morgan fingerprint density at radius 2 is 1.68 bits per heavy atom. The number of rotatable bonds is 11. The third-order valence-electron chi connectivity index (χ3n) is 4.19. The van der Waals surface area contributed by atoms with Crippen molar-refractivity contribution in [1.29, 1.82) is 0 Å². The van der Waals surface area contributed by atoms with Gasteiger partial charge in [-0.2, -0.15) is 0 Å². The van der Waals surface area contributed by atoms with Gasteiger partial charge in [-0.3, -0.25) is 19.2 Å². The van der Waals surface area contributed by atoms with Crippen LogP contribution in [-0.4, -0.2) is 30.6 Å². The molecule has 0 bridgehead atoms. The van der Waals surface area contributed by atoms with Gasteiger partial charge in [-0.15, -0.1) is 11.3 Å². The number of esters is 1. The lowest BCUT2D eigenvalue weighted by Crippen LogP contribution is -2.30. The molecule has 6 nitrogen and oxygen atoms in total. The van der Waals surface area contributed by atoms with Crippen LogP contribution in [0.2, 0.25) is 0 Å². The van der Waals surface area contributed by atoms with Gasteiger partial charge < -0.3 is 10.1 Å².